The molecule has 0 unspecified atom stereocenters. The van der Waals surface area contributed by atoms with Crippen molar-refractivity contribution in [3.8, 4) is 33.6 Å². The molecule has 0 saturated heterocycles. The summed E-state index contributed by atoms with van der Waals surface area (Å²) in [5, 5.41) is 13.5. The first-order valence-corrected chi connectivity index (χ1v) is 19.8. The third kappa shape index (κ3) is 8.42. The molecule has 0 spiro atoms. The van der Waals surface area contributed by atoms with E-state index in [0.717, 1.165) is 89.6 Å². The van der Waals surface area contributed by atoms with Gasteiger partial charge in [-0.25, -0.2) is 0 Å². The number of carbonyl (C=O) groups is 1. The van der Waals surface area contributed by atoms with E-state index >= 15 is 0 Å². The van der Waals surface area contributed by atoms with Crippen molar-refractivity contribution in [2.75, 3.05) is 0 Å². The van der Waals surface area contributed by atoms with Crippen molar-refractivity contribution in [3.05, 3.63) is 120 Å². The molecule has 0 aliphatic heterocycles. The average Bonchev–Trinajstić information content (AvgIpc) is 3.60. The Bertz CT molecular complexity index is 2290. The summed E-state index contributed by atoms with van der Waals surface area (Å²) in [5.41, 5.74) is 9.32. The largest absolute Gasteiger partial charge is 0.512 e. The van der Waals surface area contributed by atoms with Crippen LogP contribution in [-0.4, -0.2) is 20.9 Å². The summed E-state index contributed by atoms with van der Waals surface area (Å²) in [7, 11) is 0. The second-order valence-corrected chi connectivity index (χ2v) is 15.8. The number of allylic oxidation sites excluding steroid dienone is 2. The smallest absolute Gasteiger partial charge is 0.164 e. The molecule has 0 amide bonds. The number of ketones is 1. The van der Waals surface area contributed by atoms with Gasteiger partial charge in [-0.2, -0.15) is 0 Å². The normalized spacial score (nSPS) is 12.9. The Balaban J connectivity index is 0.000000276. The summed E-state index contributed by atoms with van der Waals surface area (Å²) >= 11 is 0. The number of nitrogens with zero attached hydrogens (tertiary/aromatic N) is 2. The first-order valence-electron chi connectivity index (χ1n) is 19.8. The molecule has 0 atom stereocenters. The van der Waals surface area contributed by atoms with Gasteiger partial charge in [0.15, 0.2) is 5.78 Å². The van der Waals surface area contributed by atoms with Gasteiger partial charge < -0.3 is 9.52 Å². The van der Waals surface area contributed by atoms with Crippen LogP contribution in [0.15, 0.2) is 101 Å². The van der Waals surface area contributed by atoms with E-state index in [9.17, 15) is 9.90 Å². The van der Waals surface area contributed by atoms with Crippen LogP contribution in [0.5, 0.6) is 0 Å². The molecule has 1 radical (unpaired) electrons. The first kappa shape index (κ1) is 41.8. The van der Waals surface area contributed by atoms with Crippen molar-refractivity contribution in [1.82, 2.24) is 9.97 Å². The van der Waals surface area contributed by atoms with E-state index in [1.165, 1.54) is 33.7 Å². The number of carbonyl (C=O) groups excluding carboxylic acids is 1. The number of furan rings is 1. The Hall–Kier alpha value is -4.38. The Morgan fingerprint density at radius 3 is 2.15 bits per heavy atom. The fraction of sp³-hybridized carbons (Fsp3) is 0.367. The van der Waals surface area contributed by atoms with Crippen LogP contribution in [0.4, 0.5) is 0 Å². The molecule has 289 valence electrons. The summed E-state index contributed by atoms with van der Waals surface area (Å²) in [6.45, 7) is 16.6. The molecule has 1 aliphatic carbocycles. The van der Waals surface area contributed by atoms with E-state index in [1.54, 1.807) is 0 Å². The average molecular weight is 912 g/mol. The summed E-state index contributed by atoms with van der Waals surface area (Å²) in [6, 6.07) is 29.1. The third-order valence-electron chi connectivity index (χ3n) is 12.0. The van der Waals surface area contributed by atoms with E-state index in [2.05, 4.69) is 92.7 Å². The van der Waals surface area contributed by atoms with Crippen molar-refractivity contribution < 1.29 is 34.4 Å². The van der Waals surface area contributed by atoms with Gasteiger partial charge in [-0.15, -0.1) is 23.6 Å². The molecule has 1 aliphatic rings. The molecule has 5 nitrogen and oxygen atoms in total. The second kappa shape index (κ2) is 17.6. The van der Waals surface area contributed by atoms with Crippen molar-refractivity contribution in [2.24, 2.45) is 16.7 Å². The van der Waals surface area contributed by atoms with Crippen LogP contribution in [0.25, 0.3) is 55.4 Å². The number of aryl methyl sites for hydroxylation is 1. The van der Waals surface area contributed by atoms with Gasteiger partial charge in [-0.05, 0) is 73.3 Å². The molecule has 3 heterocycles. The minimum atomic E-state index is -0.337. The molecule has 55 heavy (non-hydrogen) atoms. The Morgan fingerprint density at radius 2 is 1.47 bits per heavy atom. The predicted octanol–water partition coefficient (Wildman–Crippen LogP) is 13.1. The van der Waals surface area contributed by atoms with Crippen LogP contribution in [0.1, 0.15) is 98.0 Å². The van der Waals surface area contributed by atoms with Gasteiger partial charge in [0.2, 0.25) is 0 Å². The van der Waals surface area contributed by atoms with Crippen LogP contribution in [0.3, 0.4) is 0 Å². The summed E-state index contributed by atoms with van der Waals surface area (Å²) in [4.78, 5) is 21.9. The number of hydrogen-bond donors (Lipinski definition) is 1. The molecular weight excluding hydrogens is 857 g/mol. The fourth-order valence-corrected chi connectivity index (χ4v) is 7.49. The molecule has 7 rings (SSSR count). The quantitative estimate of drug-likeness (QED) is 0.0796. The zero-order valence-corrected chi connectivity index (χ0v) is 36.1. The van der Waals surface area contributed by atoms with E-state index in [4.69, 9.17) is 14.4 Å². The van der Waals surface area contributed by atoms with Crippen molar-refractivity contribution >= 4 is 27.5 Å². The van der Waals surface area contributed by atoms with Gasteiger partial charge in [0.1, 0.15) is 17.1 Å². The maximum absolute atomic E-state index is 12.2. The maximum Gasteiger partial charge on any atom is 0.164 e. The maximum atomic E-state index is 12.2. The van der Waals surface area contributed by atoms with E-state index in [-0.39, 0.29) is 42.5 Å². The number of fused-ring (bicyclic) bond motifs is 6. The predicted molar refractivity (Wildman–Crippen MR) is 224 cm³/mol. The molecule has 3 aromatic carbocycles. The Kier molecular flexibility index (Phi) is 13.4. The Morgan fingerprint density at radius 1 is 0.836 bits per heavy atom. The molecule has 6 heteroatoms. The minimum absolute atomic E-state index is 0. The van der Waals surface area contributed by atoms with Crippen LogP contribution in [-0.2, 0) is 44.2 Å². The summed E-state index contributed by atoms with van der Waals surface area (Å²) in [5.74, 6) is 1.90. The molecule has 3 aromatic heterocycles. The van der Waals surface area contributed by atoms with Crippen LogP contribution in [0, 0.1) is 22.8 Å². The van der Waals surface area contributed by atoms with Crippen LogP contribution < -0.4 is 0 Å². The second-order valence-electron chi connectivity index (χ2n) is 15.8. The van der Waals surface area contributed by atoms with Gasteiger partial charge in [-0.1, -0.05) is 120 Å². The van der Waals surface area contributed by atoms with Crippen LogP contribution >= 0.6 is 0 Å². The van der Waals surface area contributed by atoms with Gasteiger partial charge in [0.25, 0.3) is 0 Å². The number of hydrogen-bond acceptors (Lipinski definition) is 5. The molecule has 6 aromatic rings. The zero-order chi connectivity index (χ0) is 38.6. The zero-order valence-electron chi connectivity index (χ0n) is 33.7. The Labute approximate surface area is 341 Å². The molecule has 0 saturated carbocycles. The third-order valence-corrected chi connectivity index (χ3v) is 12.0. The number of pyridine rings is 2. The SMILES string of the molecule is CC(C)Cc1ccnc2c1CCc1oc3c(-c4[c-]c5ccccc5c(-c5ccccc5)c4)nccc3c1-2.CCC(C)(CC)C(=O)/C=C(\O)C(C)(CC)CC.[Ir]. The monoisotopic (exact) mass is 912 g/mol. The number of aromatic nitrogens is 2. The number of benzene rings is 3. The number of rotatable bonds is 11. The standard InChI is InChI=1S/C34H27N2O.C15H28O2.Ir/c1-21(2)18-24-14-16-36-33-27(24)12-13-30-31(33)28-15-17-35-32(34(28)37-30)25-19-23-10-6-7-11-26(23)29(20-25)22-8-4-3-5-9-22;1-7-14(5,8-2)12(16)11-13(17)15(6,9-3)10-4;/h3-11,14-17,20-21H,12-13,18H2,1-2H3;11,16H,7-10H2,1-6H3;/q-1;;/b;12-11-;. The molecule has 0 fully saturated rings. The first-order chi connectivity index (χ1) is 26.0. The van der Waals surface area contributed by atoms with Crippen LogP contribution in [0.2, 0.25) is 0 Å². The minimum Gasteiger partial charge on any atom is -0.512 e. The molecule has 0 bridgehead atoms. The van der Waals surface area contributed by atoms with Gasteiger partial charge >= 0.3 is 0 Å². The van der Waals surface area contributed by atoms with Crippen molar-refractivity contribution in [1.29, 1.82) is 0 Å². The van der Waals surface area contributed by atoms with Gasteiger partial charge in [0, 0.05) is 72.5 Å². The van der Waals surface area contributed by atoms with E-state index in [1.807, 2.05) is 53.9 Å². The van der Waals surface area contributed by atoms with Crippen molar-refractivity contribution in [3.63, 3.8) is 0 Å². The number of aliphatic hydroxyl groups is 1. The van der Waals surface area contributed by atoms with Gasteiger partial charge in [0.05, 0.1) is 5.69 Å². The summed E-state index contributed by atoms with van der Waals surface area (Å²) in [6.07, 6.45) is 11.5. The van der Waals surface area contributed by atoms with Gasteiger partial charge in [-0.3, -0.25) is 14.8 Å². The van der Waals surface area contributed by atoms with E-state index < -0.39 is 0 Å². The van der Waals surface area contributed by atoms with Crippen molar-refractivity contribution in [2.45, 2.75) is 100 Å². The topological polar surface area (TPSA) is 76.2 Å². The molecule has 1 N–H and O–H groups in total. The molecular formula is C49H55IrN2O3-. The fourth-order valence-electron chi connectivity index (χ4n) is 7.49. The number of aliphatic hydroxyl groups excluding tert-OH is 1. The summed E-state index contributed by atoms with van der Waals surface area (Å²) < 4.78 is 6.59. The van der Waals surface area contributed by atoms with E-state index in [0.29, 0.717) is 5.92 Å².